The van der Waals surface area contributed by atoms with E-state index in [4.69, 9.17) is 16.3 Å². The van der Waals surface area contributed by atoms with Gasteiger partial charge < -0.3 is 15.0 Å². The highest BCUT2D eigenvalue weighted by Crippen LogP contribution is 2.32. The molecule has 0 bridgehead atoms. The Kier molecular flexibility index (Phi) is 8.58. The van der Waals surface area contributed by atoms with Gasteiger partial charge in [0.1, 0.15) is 12.3 Å². The Morgan fingerprint density at radius 3 is 2.47 bits per heavy atom. The average Bonchev–Trinajstić information content (AvgIpc) is 3.30. The van der Waals surface area contributed by atoms with Crippen molar-refractivity contribution in [3.63, 3.8) is 0 Å². The van der Waals surface area contributed by atoms with E-state index in [9.17, 15) is 18.0 Å². The third-order valence-electron chi connectivity index (χ3n) is 6.35. The van der Waals surface area contributed by atoms with E-state index in [1.165, 1.54) is 25.3 Å². The second-order valence-electron chi connectivity index (χ2n) is 9.16. The van der Waals surface area contributed by atoms with Gasteiger partial charge in [0.05, 0.1) is 22.7 Å². The maximum absolute atomic E-state index is 13.6. The summed E-state index contributed by atoms with van der Waals surface area (Å²) in [6.45, 7) is 2.91. The van der Waals surface area contributed by atoms with Crippen LogP contribution in [0.5, 0.6) is 5.75 Å². The van der Waals surface area contributed by atoms with Crippen molar-refractivity contribution in [2.75, 3.05) is 24.5 Å². The monoisotopic (exact) mass is 555 g/mol. The lowest BCUT2D eigenvalue weighted by Gasteiger charge is -2.25. The second-order valence-corrected chi connectivity index (χ2v) is 11.4. The van der Waals surface area contributed by atoms with Crippen LogP contribution in [-0.2, 0) is 32.7 Å². The molecule has 10 heteroatoms. The number of rotatable bonds is 10. The van der Waals surface area contributed by atoms with Gasteiger partial charge in [-0.25, -0.2) is 8.42 Å². The van der Waals surface area contributed by atoms with Gasteiger partial charge >= 0.3 is 0 Å². The molecule has 1 N–H and O–H groups in total. The fourth-order valence-corrected chi connectivity index (χ4v) is 5.94. The highest BCUT2D eigenvalue weighted by molar-refractivity contribution is 7.92. The van der Waals surface area contributed by atoms with Gasteiger partial charge in [0.2, 0.25) is 11.8 Å². The molecule has 3 aromatic rings. The van der Waals surface area contributed by atoms with E-state index >= 15 is 0 Å². The number of amides is 2. The molecule has 4 rings (SSSR count). The molecule has 200 valence electrons. The maximum Gasteiger partial charge on any atom is 0.264 e. The number of methoxy groups -OCH3 is 1. The molecule has 2 amide bonds. The predicted molar refractivity (Wildman–Crippen MR) is 147 cm³/mol. The lowest BCUT2D eigenvalue weighted by Crippen LogP contribution is -2.40. The molecule has 1 heterocycles. The molecule has 0 saturated carbocycles. The van der Waals surface area contributed by atoms with E-state index in [0.717, 1.165) is 34.0 Å². The second kappa shape index (κ2) is 11.9. The normalized spacial score (nSPS) is 13.4. The third-order valence-corrected chi connectivity index (χ3v) is 8.43. The topological polar surface area (TPSA) is 96.0 Å². The van der Waals surface area contributed by atoms with Gasteiger partial charge in [-0.2, -0.15) is 0 Å². The maximum atomic E-state index is 13.6. The van der Waals surface area contributed by atoms with Crippen molar-refractivity contribution in [3.05, 3.63) is 88.4 Å². The number of nitrogens with one attached hydrogen (secondary N) is 1. The van der Waals surface area contributed by atoms with Gasteiger partial charge in [-0.15, -0.1) is 0 Å². The van der Waals surface area contributed by atoms with E-state index in [0.29, 0.717) is 18.7 Å². The number of benzene rings is 3. The van der Waals surface area contributed by atoms with Crippen LogP contribution in [0.4, 0.5) is 5.69 Å². The summed E-state index contributed by atoms with van der Waals surface area (Å²) >= 11 is 6.28. The number of nitrogens with zero attached hydrogens (tertiary/aromatic N) is 2. The highest BCUT2D eigenvalue weighted by atomic mass is 35.5. The number of carbonyl (C=O) groups is 2. The van der Waals surface area contributed by atoms with Crippen LogP contribution in [0.15, 0.2) is 71.6 Å². The summed E-state index contributed by atoms with van der Waals surface area (Å²) < 4.78 is 33.4. The molecule has 0 atom stereocenters. The SMILES string of the molecule is COc1ccc(N(CC(=O)NCc2cccc(CN3CCCC3=O)c2)S(=O)(=O)c2ccc(C)cc2)cc1Cl. The molecular formula is C28H30ClN3O5S. The zero-order valence-corrected chi connectivity index (χ0v) is 22.9. The summed E-state index contributed by atoms with van der Waals surface area (Å²) in [5.41, 5.74) is 2.98. The van der Waals surface area contributed by atoms with Crippen molar-refractivity contribution >= 4 is 39.1 Å². The number of hydrogen-bond donors (Lipinski definition) is 1. The largest absolute Gasteiger partial charge is 0.495 e. The Bertz CT molecular complexity index is 1430. The molecule has 1 saturated heterocycles. The van der Waals surface area contributed by atoms with Gasteiger partial charge in [-0.05, 0) is 54.8 Å². The first-order chi connectivity index (χ1) is 18.2. The minimum atomic E-state index is -4.08. The quantitative estimate of drug-likeness (QED) is 0.402. The zero-order chi connectivity index (χ0) is 27.3. The first-order valence-corrected chi connectivity index (χ1v) is 14.0. The van der Waals surface area contributed by atoms with Crippen molar-refractivity contribution < 1.29 is 22.7 Å². The minimum Gasteiger partial charge on any atom is -0.495 e. The van der Waals surface area contributed by atoms with Crippen molar-refractivity contribution in [3.8, 4) is 5.75 Å². The van der Waals surface area contributed by atoms with E-state index in [1.807, 2.05) is 36.1 Å². The smallest absolute Gasteiger partial charge is 0.264 e. The standard InChI is InChI=1S/C28H30ClN3O5S/c1-20-8-11-24(12-9-20)38(35,36)32(23-10-13-26(37-2)25(29)16-23)19-27(33)30-17-21-5-3-6-22(15-21)18-31-14-4-7-28(31)34/h3,5-6,8-13,15-16H,4,7,14,17-19H2,1-2H3,(H,30,33). The molecule has 0 aliphatic carbocycles. The number of halogens is 1. The Morgan fingerprint density at radius 2 is 1.82 bits per heavy atom. The summed E-state index contributed by atoms with van der Waals surface area (Å²) in [6.07, 6.45) is 1.45. The molecule has 1 aliphatic rings. The fourth-order valence-electron chi connectivity index (χ4n) is 4.28. The van der Waals surface area contributed by atoms with Crippen LogP contribution in [0.25, 0.3) is 0 Å². The number of sulfonamides is 1. The summed E-state index contributed by atoms with van der Waals surface area (Å²) in [5.74, 6) is 0.0630. The van der Waals surface area contributed by atoms with Gasteiger partial charge in [0.15, 0.2) is 0 Å². The third kappa shape index (κ3) is 6.46. The fraction of sp³-hybridized carbons (Fsp3) is 0.286. The molecular weight excluding hydrogens is 526 g/mol. The first kappa shape index (κ1) is 27.5. The number of anilines is 1. The Hall–Kier alpha value is -3.56. The molecule has 8 nitrogen and oxygen atoms in total. The van der Waals surface area contributed by atoms with Crippen LogP contribution in [0.3, 0.4) is 0 Å². The molecule has 38 heavy (non-hydrogen) atoms. The molecule has 0 aromatic heterocycles. The first-order valence-electron chi connectivity index (χ1n) is 12.2. The molecule has 0 unspecified atom stereocenters. The van der Waals surface area contributed by atoms with Crippen molar-refractivity contribution in [2.24, 2.45) is 0 Å². The lowest BCUT2D eigenvalue weighted by molar-refractivity contribution is -0.128. The summed E-state index contributed by atoms with van der Waals surface area (Å²) in [4.78, 5) is 26.9. The van der Waals surface area contributed by atoms with Crippen molar-refractivity contribution in [1.82, 2.24) is 10.2 Å². The van der Waals surface area contributed by atoms with E-state index in [1.54, 1.807) is 24.3 Å². The van der Waals surface area contributed by atoms with Crippen LogP contribution in [0.2, 0.25) is 5.02 Å². The van der Waals surface area contributed by atoms with Crippen LogP contribution in [-0.4, -0.2) is 45.3 Å². The highest BCUT2D eigenvalue weighted by Gasteiger charge is 2.28. The molecule has 1 fully saturated rings. The van der Waals surface area contributed by atoms with Crippen LogP contribution >= 0.6 is 11.6 Å². The van der Waals surface area contributed by atoms with Crippen molar-refractivity contribution in [1.29, 1.82) is 0 Å². The van der Waals surface area contributed by atoms with Crippen LogP contribution in [0, 0.1) is 6.92 Å². The van der Waals surface area contributed by atoms with Gasteiger partial charge in [-0.1, -0.05) is 53.6 Å². The average molecular weight is 556 g/mol. The van der Waals surface area contributed by atoms with Gasteiger partial charge in [-0.3, -0.25) is 13.9 Å². The van der Waals surface area contributed by atoms with E-state index in [2.05, 4.69) is 5.32 Å². The van der Waals surface area contributed by atoms with Gasteiger partial charge in [0, 0.05) is 26.1 Å². The number of hydrogen-bond acceptors (Lipinski definition) is 5. The zero-order valence-electron chi connectivity index (χ0n) is 21.3. The molecule has 3 aromatic carbocycles. The Labute approximate surface area is 228 Å². The molecule has 1 aliphatic heterocycles. The Balaban J connectivity index is 1.51. The summed E-state index contributed by atoms with van der Waals surface area (Å²) in [7, 11) is -2.61. The Morgan fingerprint density at radius 1 is 1.08 bits per heavy atom. The van der Waals surface area contributed by atoms with Crippen LogP contribution < -0.4 is 14.4 Å². The number of ether oxygens (including phenoxy) is 1. The number of aryl methyl sites for hydroxylation is 1. The summed E-state index contributed by atoms with van der Waals surface area (Å²) in [5, 5.41) is 3.04. The van der Waals surface area contributed by atoms with Crippen molar-refractivity contribution in [2.45, 2.75) is 37.8 Å². The molecule has 0 spiro atoms. The van der Waals surface area contributed by atoms with Crippen LogP contribution in [0.1, 0.15) is 29.5 Å². The van der Waals surface area contributed by atoms with Gasteiger partial charge in [0.25, 0.3) is 10.0 Å². The van der Waals surface area contributed by atoms with E-state index < -0.39 is 22.5 Å². The minimum absolute atomic E-state index is 0.0620. The summed E-state index contributed by atoms with van der Waals surface area (Å²) in [6, 6.07) is 18.6. The van der Waals surface area contributed by atoms with E-state index in [-0.39, 0.29) is 28.1 Å². The number of carbonyl (C=O) groups excluding carboxylic acids is 2. The number of likely N-dealkylation sites (tertiary alicyclic amines) is 1. The predicted octanol–water partition coefficient (Wildman–Crippen LogP) is 4.29. The molecule has 0 radical (unpaired) electrons. The lowest BCUT2D eigenvalue weighted by atomic mass is 10.1.